The summed E-state index contributed by atoms with van der Waals surface area (Å²) in [6, 6.07) is 0. The number of rotatable bonds is 5. The standard InChI is InChI=1S/C11H18ClN3O/c1-4-9(12)5-6-13-11(16)10-7-15(3)14-8(10)2/h7,9H,4-6H2,1-3H3,(H,13,16). The monoisotopic (exact) mass is 243 g/mol. The molecule has 0 radical (unpaired) electrons. The van der Waals surface area contributed by atoms with E-state index in [1.54, 1.807) is 17.9 Å². The van der Waals surface area contributed by atoms with E-state index in [0.717, 1.165) is 18.5 Å². The van der Waals surface area contributed by atoms with Crippen molar-refractivity contribution in [2.75, 3.05) is 6.54 Å². The highest BCUT2D eigenvalue weighted by Gasteiger charge is 2.12. The largest absolute Gasteiger partial charge is 0.352 e. The average molecular weight is 244 g/mol. The Morgan fingerprint density at radius 1 is 1.69 bits per heavy atom. The summed E-state index contributed by atoms with van der Waals surface area (Å²) in [5.41, 5.74) is 1.38. The fourth-order valence-corrected chi connectivity index (χ4v) is 1.57. The molecule has 1 aromatic rings. The molecule has 0 fully saturated rings. The van der Waals surface area contributed by atoms with Crippen molar-refractivity contribution in [2.45, 2.75) is 32.1 Å². The molecule has 16 heavy (non-hydrogen) atoms. The Morgan fingerprint density at radius 3 is 2.88 bits per heavy atom. The van der Waals surface area contributed by atoms with Crippen LogP contribution in [0, 0.1) is 6.92 Å². The molecule has 1 aromatic heterocycles. The van der Waals surface area contributed by atoms with Gasteiger partial charge in [0.1, 0.15) is 0 Å². The summed E-state index contributed by atoms with van der Waals surface area (Å²) in [5, 5.41) is 7.10. The molecular weight excluding hydrogens is 226 g/mol. The van der Waals surface area contributed by atoms with Gasteiger partial charge in [-0.15, -0.1) is 11.6 Å². The highest BCUT2D eigenvalue weighted by molar-refractivity contribution is 6.20. The highest BCUT2D eigenvalue weighted by Crippen LogP contribution is 2.06. The van der Waals surface area contributed by atoms with Crippen LogP contribution in [0.15, 0.2) is 6.20 Å². The molecule has 1 N–H and O–H groups in total. The van der Waals surface area contributed by atoms with E-state index in [2.05, 4.69) is 10.4 Å². The first kappa shape index (κ1) is 13.0. The first-order valence-electron chi connectivity index (χ1n) is 5.47. The van der Waals surface area contributed by atoms with Gasteiger partial charge in [-0.05, 0) is 19.8 Å². The lowest BCUT2D eigenvalue weighted by Gasteiger charge is -2.07. The predicted octanol–water partition coefficient (Wildman–Crippen LogP) is 1.87. The fraction of sp³-hybridized carbons (Fsp3) is 0.636. The molecule has 0 aliphatic carbocycles. The van der Waals surface area contributed by atoms with Crippen LogP contribution in [0.3, 0.4) is 0 Å². The van der Waals surface area contributed by atoms with Crippen molar-refractivity contribution in [1.29, 1.82) is 0 Å². The predicted molar refractivity (Wildman–Crippen MR) is 64.8 cm³/mol. The molecule has 1 rings (SSSR count). The summed E-state index contributed by atoms with van der Waals surface area (Å²) in [7, 11) is 1.80. The maximum absolute atomic E-state index is 11.7. The van der Waals surface area contributed by atoms with E-state index >= 15 is 0 Å². The number of halogens is 1. The number of hydrogen-bond acceptors (Lipinski definition) is 2. The average Bonchev–Trinajstić information content (AvgIpc) is 2.57. The van der Waals surface area contributed by atoms with Gasteiger partial charge in [0.05, 0.1) is 11.3 Å². The number of aromatic nitrogens is 2. The highest BCUT2D eigenvalue weighted by atomic mass is 35.5. The lowest BCUT2D eigenvalue weighted by Crippen LogP contribution is -2.26. The molecular formula is C11H18ClN3O. The van der Waals surface area contributed by atoms with Gasteiger partial charge in [-0.25, -0.2) is 0 Å². The Labute approximate surface area is 101 Å². The number of aryl methyl sites for hydroxylation is 2. The summed E-state index contributed by atoms with van der Waals surface area (Å²) in [4.78, 5) is 11.7. The molecule has 1 atom stereocenters. The minimum atomic E-state index is -0.0782. The molecule has 0 aliphatic heterocycles. The van der Waals surface area contributed by atoms with E-state index < -0.39 is 0 Å². The summed E-state index contributed by atoms with van der Waals surface area (Å²) in [6.45, 7) is 4.46. The number of hydrogen-bond donors (Lipinski definition) is 1. The van der Waals surface area contributed by atoms with Gasteiger partial charge < -0.3 is 5.32 Å². The van der Waals surface area contributed by atoms with Gasteiger partial charge in [0.15, 0.2) is 0 Å². The normalized spacial score (nSPS) is 12.5. The Balaban J connectivity index is 2.44. The second-order valence-corrected chi connectivity index (χ2v) is 4.47. The minimum Gasteiger partial charge on any atom is -0.352 e. The molecule has 0 spiro atoms. The summed E-state index contributed by atoms with van der Waals surface area (Å²) in [6.07, 6.45) is 3.44. The SMILES string of the molecule is CCC(Cl)CCNC(=O)c1cn(C)nc1C. The van der Waals surface area contributed by atoms with Crippen LogP contribution in [0.5, 0.6) is 0 Å². The summed E-state index contributed by atoms with van der Waals surface area (Å²) in [5.74, 6) is -0.0782. The Hall–Kier alpha value is -1.03. The first-order valence-corrected chi connectivity index (χ1v) is 5.90. The maximum Gasteiger partial charge on any atom is 0.254 e. The molecule has 0 bridgehead atoms. The van der Waals surface area contributed by atoms with Gasteiger partial charge in [-0.2, -0.15) is 5.10 Å². The molecule has 0 saturated carbocycles. The van der Waals surface area contributed by atoms with Crippen molar-refractivity contribution >= 4 is 17.5 Å². The minimum absolute atomic E-state index is 0.0782. The summed E-state index contributed by atoms with van der Waals surface area (Å²) < 4.78 is 1.64. The molecule has 4 nitrogen and oxygen atoms in total. The molecule has 5 heteroatoms. The van der Waals surface area contributed by atoms with Crippen LogP contribution in [-0.2, 0) is 7.05 Å². The van der Waals surface area contributed by atoms with Crippen LogP contribution in [-0.4, -0.2) is 27.6 Å². The lowest BCUT2D eigenvalue weighted by molar-refractivity contribution is 0.0952. The topological polar surface area (TPSA) is 46.9 Å². The van der Waals surface area contributed by atoms with E-state index in [1.165, 1.54) is 0 Å². The molecule has 0 aromatic carbocycles. The zero-order valence-corrected chi connectivity index (χ0v) is 10.7. The van der Waals surface area contributed by atoms with E-state index in [-0.39, 0.29) is 11.3 Å². The van der Waals surface area contributed by atoms with Crippen molar-refractivity contribution in [1.82, 2.24) is 15.1 Å². The van der Waals surface area contributed by atoms with Crippen molar-refractivity contribution in [2.24, 2.45) is 7.05 Å². The molecule has 0 aliphatic rings. The zero-order valence-electron chi connectivity index (χ0n) is 9.96. The summed E-state index contributed by atoms with van der Waals surface area (Å²) >= 11 is 5.96. The van der Waals surface area contributed by atoms with E-state index in [9.17, 15) is 4.79 Å². The van der Waals surface area contributed by atoms with Crippen LogP contribution in [0.25, 0.3) is 0 Å². The van der Waals surface area contributed by atoms with Gasteiger partial charge in [0.25, 0.3) is 5.91 Å². The van der Waals surface area contributed by atoms with Crippen molar-refractivity contribution < 1.29 is 4.79 Å². The van der Waals surface area contributed by atoms with E-state index in [0.29, 0.717) is 12.1 Å². The maximum atomic E-state index is 11.7. The second kappa shape index (κ2) is 5.89. The van der Waals surface area contributed by atoms with E-state index in [4.69, 9.17) is 11.6 Å². The number of carbonyl (C=O) groups is 1. The van der Waals surface area contributed by atoms with Gasteiger partial charge in [-0.1, -0.05) is 6.92 Å². The number of nitrogens with one attached hydrogen (secondary N) is 1. The third-order valence-electron chi connectivity index (χ3n) is 2.44. The molecule has 1 heterocycles. The van der Waals surface area contributed by atoms with Gasteiger partial charge in [0, 0.05) is 25.2 Å². The van der Waals surface area contributed by atoms with E-state index in [1.807, 2.05) is 13.8 Å². The third-order valence-corrected chi connectivity index (χ3v) is 2.97. The lowest BCUT2D eigenvalue weighted by atomic mass is 10.2. The zero-order chi connectivity index (χ0) is 12.1. The molecule has 0 saturated heterocycles. The second-order valence-electron chi connectivity index (χ2n) is 3.85. The molecule has 1 amide bonds. The smallest absolute Gasteiger partial charge is 0.254 e. The van der Waals surface area contributed by atoms with Crippen LogP contribution >= 0.6 is 11.6 Å². The van der Waals surface area contributed by atoms with Gasteiger partial charge in [0.2, 0.25) is 0 Å². The molecule has 90 valence electrons. The van der Waals surface area contributed by atoms with Crippen LogP contribution < -0.4 is 5.32 Å². The van der Waals surface area contributed by atoms with Crippen LogP contribution in [0.1, 0.15) is 35.8 Å². The quantitative estimate of drug-likeness (QED) is 0.803. The Kier molecular flexibility index (Phi) is 4.80. The number of nitrogens with zero attached hydrogens (tertiary/aromatic N) is 2. The number of alkyl halides is 1. The van der Waals surface area contributed by atoms with Crippen LogP contribution in [0.4, 0.5) is 0 Å². The first-order chi connectivity index (χ1) is 7.54. The Morgan fingerprint density at radius 2 is 2.38 bits per heavy atom. The third kappa shape index (κ3) is 3.52. The van der Waals surface area contributed by atoms with Crippen molar-refractivity contribution in [3.63, 3.8) is 0 Å². The molecule has 1 unspecified atom stereocenters. The van der Waals surface area contributed by atoms with Gasteiger partial charge >= 0.3 is 0 Å². The van der Waals surface area contributed by atoms with Gasteiger partial charge in [-0.3, -0.25) is 9.48 Å². The Bertz CT molecular complexity index is 362. The van der Waals surface area contributed by atoms with Crippen molar-refractivity contribution in [3.8, 4) is 0 Å². The number of amides is 1. The van der Waals surface area contributed by atoms with Crippen molar-refractivity contribution in [3.05, 3.63) is 17.5 Å². The fourth-order valence-electron chi connectivity index (χ4n) is 1.46. The number of carbonyl (C=O) groups excluding carboxylic acids is 1. The van der Waals surface area contributed by atoms with Crippen LogP contribution in [0.2, 0.25) is 0 Å².